The van der Waals surface area contributed by atoms with Crippen LogP contribution in [0, 0.1) is 12.3 Å². The Kier molecular flexibility index (Phi) is 6.91. The number of nitrogens with zero attached hydrogens (tertiary/aromatic N) is 4. The summed E-state index contributed by atoms with van der Waals surface area (Å²) >= 11 is 0. The minimum atomic E-state index is -0.327. The molecule has 1 spiro atoms. The van der Waals surface area contributed by atoms with Crippen molar-refractivity contribution in [2.75, 3.05) is 39.3 Å². The predicted octanol–water partition coefficient (Wildman–Crippen LogP) is 4.62. The molecular weight excluding hydrogens is 476 g/mol. The molecule has 3 aromatic heterocycles. The largest absolute Gasteiger partial charge is 0.462 e. The first-order valence-corrected chi connectivity index (χ1v) is 13.6. The van der Waals surface area contributed by atoms with E-state index in [1.54, 1.807) is 12.5 Å². The minimum Gasteiger partial charge on any atom is -0.462 e. The Morgan fingerprint density at radius 3 is 2.95 bits per heavy atom. The van der Waals surface area contributed by atoms with Crippen molar-refractivity contribution in [1.82, 2.24) is 30.2 Å². The monoisotopic (exact) mass is 510 g/mol. The molecule has 0 saturated carbocycles. The first-order valence-electron chi connectivity index (χ1n) is 13.6. The van der Waals surface area contributed by atoms with Crippen molar-refractivity contribution in [2.24, 2.45) is 5.41 Å². The van der Waals surface area contributed by atoms with E-state index in [0.717, 1.165) is 71.7 Å². The number of ether oxygens (including phenoxy) is 1. The zero-order chi connectivity index (χ0) is 26.0. The average molecular weight is 511 g/mol. The lowest BCUT2D eigenvalue weighted by Crippen LogP contribution is -2.29. The Balaban J connectivity index is 1.07. The van der Waals surface area contributed by atoms with Gasteiger partial charge < -0.3 is 19.9 Å². The predicted molar refractivity (Wildman–Crippen MR) is 148 cm³/mol. The third-order valence-corrected chi connectivity index (χ3v) is 7.93. The van der Waals surface area contributed by atoms with Crippen molar-refractivity contribution in [1.29, 1.82) is 0 Å². The Morgan fingerprint density at radius 2 is 2.08 bits per heavy atom. The van der Waals surface area contributed by atoms with Gasteiger partial charge in [0.1, 0.15) is 0 Å². The van der Waals surface area contributed by atoms with Gasteiger partial charge in [-0.25, -0.2) is 9.78 Å². The molecule has 1 unspecified atom stereocenters. The molecule has 6 rings (SSSR count). The summed E-state index contributed by atoms with van der Waals surface area (Å²) in [5.74, 6) is -0.327. The van der Waals surface area contributed by atoms with Gasteiger partial charge in [0.15, 0.2) is 0 Å². The molecule has 8 heteroatoms. The maximum atomic E-state index is 12.8. The van der Waals surface area contributed by atoms with Gasteiger partial charge >= 0.3 is 5.97 Å². The summed E-state index contributed by atoms with van der Waals surface area (Å²) in [6.45, 7) is 8.18. The molecule has 38 heavy (non-hydrogen) atoms. The van der Waals surface area contributed by atoms with Gasteiger partial charge in [0, 0.05) is 35.9 Å². The number of pyridine rings is 2. The molecule has 196 valence electrons. The minimum absolute atomic E-state index is 0.327. The van der Waals surface area contributed by atoms with E-state index < -0.39 is 0 Å². The highest BCUT2D eigenvalue weighted by molar-refractivity contribution is 5.95. The molecule has 2 fully saturated rings. The van der Waals surface area contributed by atoms with Crippen LogP contribution in [0.3, 0.4) is 0 Å². The van der Waals surface area contributed by atoms with Crippen LogP contribution < -0.4 is 5.32 Å². The third-order valence-electron chi connectivity index (χ3n) is 7.93. The molecule has 0 radical (unpaired) electrons. The van der Waals surface area contributed by atoms with E-state index in [0.29, 0.717) is 17.6 Å². The van der Waals surface area contributed by atoms with Crippen LogP contribution in [0.15, 0.2) is 55.0 Å². The van der Waals surface area contributed by atoms with Gasteiger partial charge in [0.05, 0.1) is 41.1 Å². The topological polar surface area (TPSA) is 96.0 Å². The smallest absolute Gasteiger partial charge is 0.339 e. The summed E-state index contributed by atoms with van der Waals surface area (Å²) in [5, 5.41) is 4.38. The normalized spacial score (nSPS) is 19.5. The van der Waals surface area contributed by atoms with Gasteiger partial charge in [0.2, 0.25) is 0 Å². The van der Waals surface area contributed by atoms with Crippen molar-refractivity contribution in [3.05, 3.63) is 66.2 Å². The summed E-state index contributed by atoms with van der Waals surface area (Å²) in [7, 11) is 0. The number of benzene rings is 1. The number of esters is 1. The van der Waals surface area contributed by atoms with E-state index in [4.69, 9.17) is 4.74 Å². The van der Waals surface area contributed by atoms with Crippen LogP contribution in [0.1, 0.15) is 41.7 Å². The quantitative estimate of drug-likeness (QED) is 0.264. The van der Waals surface area contributed by atoms with Crippen molar-refractivity contribution in [3.63, 3.8) is 0 Å². The summed E-state index contributed by atoms with van der Waals surface area (Å²) in [4.78, 5) is 32.2. The van der Waals surface area contributed by atoms with Crippen LogP contribution in [-0.2, 0) is 4.74 Å². The summed E-state index contributed by atoms with van der Waals surface area (Å²) in [6.07, 6.45) is 7.79. The number of aryl methyl sites for hydroxylation is 1. The van der Waals surface area contributed by atoms with Gasteiger partial charge in [0.25, 0.3) is 0 Å². The molecule has 4 aromatic rings. The molecule has 8 nitrogen and oxygen atoms in total. The fourth-order valence-corrected chi connectivity index (χ4v) is 5.83. The molecule has 0 amide bonds. The maximum absolute atomic E-state index is 12.8. The second-order valence-corrected chi connectivity index (χ2v) is 10.7. The highest BCUT2D eigenvalue weighted by Crippen LogP contribution is 2.36. The van der Waals surface area contributed by atoms with Crippen molar-refractivity contribution < 1.29 is 9.53 Å². The van der Waals surface area contributed by atoms with E-state index >= 15 is 0 Å². The molecule has 1 aromatic carbocycles. The Hall–Kier alpha value is -3.62. The number of hydrogen-bond acceptors (Lipinski definition) is 7. The molecule has 2 saturated heterocycles. The summed E-state index contributed by atoms with van der Waals surface area (Å²) in [5.41, 5.74) is 6.18. The Labute approximate surface area is 222 Å². The zero-order valence-corrected chi connectivity index (χ0v) is 21.9. The maximum Gasteiger partial charge on any atom is 0.339 e. The van der Waals surface area contributed by atoms with Crippen LogP contribution in [0.25, 0.3) is 33.5 Å². The second-order valence-electron chi connectivity index (χ2n) is 10.7. The number of carbonyl (C=O) groups is 1. The van der Waals surface area contributed by atoms with Gasteiger partial charge in [-0.15, -0.1) is 0 Å². The lowest BCUT2D eigenvalue weighted by atomic mass is 9.87. The summed E-state index contributed by atoms with van der Waals surface area (Å²) in [6, 6.07) is 13.7. The number of H-pyrrole nitrogens is 1. The van der Waals surface area contributed by atoms with E-state index in [9.17, 15) is 4.79 Å². The first-order chi connectivity index (χ1) is 18.6. The number of aromatic amines is 1. The van der Waals surface area contributed by atoms with Crippen molar-refractivity contribution in [2.45, 2.75) is 32.6 Å². The number of fused-ring (bicyclic) bond motifs is 1. The molecule has 0 aliphatic carbocycles. The van der Waals surface area contributed by atoms with Gasteiger partial charge in [-0.1, -0.05) is 12.1 Å². The number of nitrogens with one attached hydrogen (secondary N) is 2. The van der Waals surface area contributed by atoms with E-state index in [-0.39, 0.29) is 5.97 Å². The van der Waals surface area contributed by atoms with E-state index in [1.807, 2.05) is 49.4 Å². The third kappa shape index (κ3) is 5.19. The lowest BCUT2D eigenvalue weighted by Gasteiger charge is -2.22. The second kappa shape index (κ2) is 10.6. The number of rotatable bonds is 8. The molecule has 1 atom stereocenters. The highest BCUT2D eigenvalue weighted by Gasteiger charge is 2.39. The van der Waals surface area contributed by atoms with Crippen LogP contribution in [-0.4, -0.2) is 70.1 Å². The summed E-state index contributed by atoms with van der Waals surface area (Å²) < 4.78 is 5.59. The molecular formula is C30H34N6O2. The number of likely N-dealkylation sites (tertiary alicyclic amines) is 1. The van der Waals surface area contributed by atoms with Crippen LogP contribution >= 0.6 is 0 Å². The first kappa shape index (κ1) is 24.7. The number of hydrogen-bond donors (Lipinski definition) is 2. The van der Waals surface area contributed by atoms with Crippen LogP contribution in [0.5, 0.6) is 0 Å². The number of aromatic nitrogens is 4. The molecule has 0 bridgehead atoms. The standard InChI is InChI=1S/C30H34N6O2/c1-21-5-4-6-26(35-21)28-27(33-20-34-28)22-7-8-25-23(15-22)16-24(17-32-25)29(37)38-14-3-2-12-36-13-10-30(19-36)9-11-31-18-30/h4-8,15-17,20,31H,2-3,9-14,18-19H2,1H3,(H,33,34). The number of unbranched alkanes of at least 4 members (excludes halogenated alkanes) is 1. The molecule has 2 aliphatic heterocycles. The molecule has 2 aliphatic rings. The van der Waals surface area contributed by atoms with Crippen molar-refractivity contribution in [3.8, 4) is 22.6 Å². The fraction of sp³-hybridized carbons (Fsp3) is 0.400. The molecule has 5 heterocycles. The van der Waals surface area contributed by atoms with Gasteiger partial charge in [-0.2, -0.15) is 0 Å². The lowest BCUT2D eigenvalue weighted by molar-refractivity contribution is 0.0495. The van der Waals surface area contributed by atoms with Crippen LogP contribution in [0.2, 0.25) is 0 Å². The van der Waals surface area contributed by atoms with E-state index in [1.165, 1.54) is 25.9 Å². The highest BCUT2D eigenvalue weighted by atomic mass is 16.5. The SMILES string of the molecule is Cc1cccc(-c2[nH]cnc2-c2ccc3ncc(C(=O)OCCCCN4CCC5(CCNC5)C4)cc3c2)n1. The van der Waals surface area contributed by atoms with E-state index in [2.05, 4.69) is 30.2 Å². The average Bonchev–Trinajstić information content (AvgIpc) is 3.70. The fourth-order valence-electron chi connectivity index (χ4n) is 5.83. The number of imidazole rings is 1. The Bertz CT molecular complexity index is 1440. The van der Waals surface area contributed by atoms with Crippen LogP contribution in [0.4, 0.5) is 0 Å². The van der Waals surface area contributed by atoms with Gasteiger partial charge in [-0.05, 0) is 88.0 Å². The zero-order valence-electron chi connectivity index (χ0n) is 21.9. The number of carbonyl (C=O) groups excluding carboxylic acids is 1. The van der Waals surface area contributed by atoms with Gasteiger partial charge in [-0.3, -0.25) is 9.97 Å². The van der Waals surface area contributed by atoms with Crippen molar-refractivity contribution >= 4 is 16.9 Å². The molecule has 2 N–H and O–H groups in total. The Morgan fingerprint density at radius 1 is 1.13 bits per heavy atom.